The van der Waals surface area contributed by atoms with Crippen LogP contribution in [0.25, 0.3) is 0 Å². The predicted octanol–water partition coefficient (Wildman–Crippen LogP) is 1.10. The fourth-order valence-corrected chi connectivity index (χ4v) is 2.06. The Morgan fingerprint density at radius 1 is 1.42 bits per heavy atom. The summed E-state index contributed by atoms with van der Waals surface area (Å²) in [5.74, 6) is 1.74. The zero-order chi connectivity index (χ0) is 8.97. The third-order valence-electron chi connectivity index (χ3n) is 2.57. The first-order chi connectivity index (χ1) is 5.68. The van der Waals surface area contributed by atoms with Gasteiger partial charge >= 0.3 is 0 Å². The van der Waals surface area contributed by atoms with Gasteiger partial charge in [0.15, 0.2) is 0 Å². The lowest BCUT2D eigenvalue weighted by atomic mass is 9.99. The smallest absolute Gasteiger partial charge is 0.117 e. The summed E-state index contributed by atoms with van der Waals surface area (Å²) in [5.41, 5.74) is 0. The molecule has 72 valence electrons. The molecule has 12 heavy (non-hydrogen) atoms. The summed E-state index contributed by atoms with van der Waals surface area (Å²) in [7, 11) is 0. The highest BCUT2D eigenvalue weighted by Gasteiger charge is 2.15. The minimum Gasteiger partial charge on any atom is -0.617 e. The van der Waals surface area contributed by atoms with Crippen LogP contribution in [0.4, 0.5) is 0 Å². The number of piperidine rings is 1. The molecule has 0 N–H and O–H groups in total. The Hall–Kier alpha value is 0.270. The molecule has 0 aromatic carbocycles. The second-order valence-corrected chi connectivity index (χ2v) is 5.36. The van der Waals surface area contributed by atoms with E-state index in [0.29, 0.717) is 0 Å². The van der Waals surface area contributed by atoms with E-state index in [1.54, 1.807) is 6.26 Å². The molecule has 0 saturated carbocycles. The van der Waals surface area contributed by atoms with Crippen LogP contribution in [0.2, 0.25) is 0 Å². The minimum atomic E-state index is -0.618. The highest BCUT2D eigenvalue weighted by Crippen LogP contribution is 2.15. The maximum atomic E-state index is 10.8. The fourth-order valence-electron chi connectivity index (χ4n) is 1.54. The van der Waals surface area contributed by atoms with Gasteiger partial charge in [0.25, 0.3) is 0 Å². The maximum Gasteiger partial charge on any atom is 0.117 e. The van der Waals surface area contributed by atoms with Gasteiger partial charge in [0, 0.05) is 6.54 Å². The first kappa shape index (κ1) is 10.4. The second-order valence-electron chi connectivity index (χ2n) is 3.80. The van der Waals surface area contributed by atoms with Gasteiger partial charge in [-0.05, 0) is 31.8 Å². The van der Waals surface area contributed by atoms with Crippen molar-refractivity contribution in [2.75, 3.05) is 31.6 Å². The zero-order valence-corrected chi connectivity index (χ0v) is 8.90. The third-order valence-corrected chi connectivity index (χ3v) is 3.33. The molecule has 1 aliphatic heterocycles. The van der Waals surface area contributed by atoms with Crippen molar-refractivity contribution >= 4 is 11.2 Å². The minimum absolute atomic E-state index is 0.618. The molecule has 3 heteroatoms. The summed E-state index contributed by atoms with van der Waals surface area (Å²) in [6.07, 6.45) is 4.42. The molecule has 1 rings (SSSR count). The average Bonchev–Trinajstić information content (AvgIpc) is 2.03. The van der Waals surface area contributed by atoms with Gasteiger partial charge in [0.1, 0.15) is 5.75 Å². The Labute approximate surface area is 78.5 Å². The van der Waals surface area contributed by atoms with Gasteiger partial charge in [0.2, 0.25) is 0 Å². The van der Waals surface area contributed by atoms with E-state index in [2.05, 4.69) is 11.8 Å². The standard InChI is InChI=1S/C9H19NOS/c1-9-3-5-10(6-4-9)7-8-12(2)11/h9H,3-8H2,1-2H3. The van der Waals surface area contributed by atoms with Crippen LogP contribution in [0.5, 0.6) is 0 Å². The van der Waals surface area contributed by atoms with Crippen molar-refractivity contribution in [2.24, 2.45) is 5.92 Å². The summed E-state index contributed by atoms with van der Waals surface area (Å²) < 4.78 is 10.8. The van der Waals surface area contributed by atoms with E-state index in [-0.39, 0.29) is 0 Å². The largest absolute Gasteiger partial charge is 0.617 e. The average molecular weight is 189 g/mol. The molecular weight excluding hydrogens is 170 g/mol. The summed E-state index contributed by atoms with van der Waals surface area (Å²) in [6, 6.07) is 0. The summed E-state index contributed by atoms with van der Waals surface area (Å²) >= 11 is -0.618. The Morgan fingerprint density at radius 3 is 2.50 bits per heavy atom. The van der Waals surface area contributed by atoms with Crippen LogP contribution in [0.3, 0.4) is 0 Å². The van der Waals surface area contributed by atoms with Gasteiger partial charge in [-0.2, -0.15) is 0 Å². The van der Waals surface area contributed by atoms with Crippen molar-refractivity contribution < 1.29 is 4.55 Å². The Morgan fingerprint density at radius 2 is 2.00 bits per heavy atom. The number of rotatable bonds is 3. The molecule has 1 unspecified atom stereocenters. The highest BCUT2D eigenvalue weighted by atomic mass is 32.2. The van der Waals surface area contributed by atoms with Crippen LogP contribution < -0.4 is 0 Å². The van der Waals surface area contributed by atoms with Gasteiger partial charge in [-0.15, -0.1) is 0 Å². The Bertz CT molecular complexity index is 122. The monoisotopic (exact) mass is 189 g/mol. The molecule has 1 heterocycles. The van der Waals surface area contributed by atoms with Gasteiger partial charge in [-0.25, -0.2) is 0 Å². The third kappa shape index (κ3) is 3.78. The van der Waals surface area contributed by atoms with Crippen molar-refractivity contribution in [3.63, 3.8) is 0 Å². The molecule has 0 radical (unpaired) electrons. The molecule has 0 aromatic heterocycles. The summed E-state index contributed by atoms with van der Waals surface area (Å²) in [6.45, 7) is 5.75. The lowest BCUT2D eigenvalue weighted by Gasteiger charge is -2.29. The molecular formula is C9H19NOS. The van der Waals surface area contributed by atoms with E-state index < -0.39 is 11.2 Å². The van der Waals surface area contributed by atoms with Crippen LogP contribution in [0.15, 0.2) is 0 Å². The van der Waals surface area contributed by atoms with Crippen molar-refractivity contribution in [1.82, 2.24) is 4.90 Å². The molecule has 1 saturated heterocycles. The van der Waals surface area contributed by atoms with Crippen molar-refractivity contribution in [3.8, 4) is 0 Å². The van der Waals surface area contributed by atoms with Gasteiger partial charge in [-0.3, -0.25) is 4.90 Å². The SMILES string of the molecule is CC1CCN(CC[S+](C)[O-])CC1. The molecule has 1 atom stereocenters. The fraction of sp³-hybridized carbons (Fsp3) is 1.00. The molecule has 2 nitrogen and oxygen atoms in total. The van der Waals surface area contributed by atoms with Crippen LogP contribution in [0, 0.1) is 5.92 Å². The second kappa shape index (κ2) is 5.10. The molecule has 0 spiro atoms. The van der Waals surface area contributed by atoms with E-state index in [9.17, 15) is 4.55 Å². The van der Waals surface area contributed by atoms with E-state index >= 15 is 0 Å². The number of hydrogen-bond donors (Lipinski definition) is 0. The molecule has 0 aliphatic carbocycles. The van der Waals surface area contributed by atoms with E-state index in [1.165, 1.54) is 25.9 Å². The van der Waals surface area contributed by atoms with Crippen LogP contribution >= 0.6 is 0 Å². The van der Waals surface area contributed by atoms with Crippen LogP contribution in [-0.4, -0.2) is 41.1 Å². The molecule has 0 amide bonds. The van der Waals surface area contributed by atoms with E-state index in [0.717, 1.165) is 18.2 Å². The summed E-state index contributed by atoms with van der Waals surface area (Å²) in [4.78, 5) is 2.43. The molecule has 1 fully saturated rings. The highest BCUT2D eigenvalue weighted by molar-refractivity contribution is 7.90. The van der Waals surface area contributed by atoms with Crippen LogP contribution in [-0.2, 0) is 11.2 Å². The summed E-state index contributed by atoms with van der Waals surface area (Å²) in [5, 5.41) is 0. The quantitative estimate of drug-likeness (QED) is 0.621. The van der Waals surface area contributed by atoms with Crippen LogP contribution in [0.1, 0.15) is 19.8 Å². The first-order valence-corrected chi connectivity index (χ1v) is 6.43. The lowest BCUT2D eigenvalue weighted by molar-refractivity contribution is 0.202. The predicted molar refractivity (Wildman–Crippen MR) is 53.8 cm³/mol. The van der Waals surface area contributed by atoms with Gasteiger partial charge in [0.05, 0.1) is 6.26 Å². The molecule has 1 aliphatic rings. The molecule has 0 bridgehead atoms. The Kier molecular flexibility index (Phi) is 4.40. The Balaban J connectivity index is 2.09. The lowest BCUT2D eigenvalue weighted by Crippen LogP contribution is -2.36. The number of hydrogen-bond acceptors (Lipinski definition) is 2. The molecule has 0 aromatic rings. The zero-order valence-electron chi connectivity index (χ0n) is 8.08. The van der Waals surface area contributed by atoms with Crippen molar-refractivity contribution in [2.45, 2.75) is 19.8 Å². The van der Waals surface area contributed by atoms with Crippen molar-refractivity contribution in [1.29, 1.82) is 0 Å². The topological polar surface area (TPSA) is 26.3 Å². The normalized spacial score (nSPS) is 24.2. The van der Waals surface area contributed by atoms with Crippen molar-refractivity contribution in [3.05, 3.63) is 0 Å². The van der Waals surface area contributed by atoms with Gasteiger partial charge in [-0.1, -0.05) is 18.1 Å². The van der Waals surface area contributed by atoms with Gasteiger partial charge < -0.3 is 4.55 Å². The first-order valence-electron chi connectivity index (χ1n) is 4.71. The maximum absolute atomic E-state index is 10.8. The van der Waals surface area contributed by atoms with E-state index in [1.807, 2.05) is 0 Å². The number of nitrogens with zero attached hydrogens (tertiary/aromatic N) is 1. The number of likely N-dealkylation sites (tertiary alicyclic amines) is 1. The van der Waals surface area contributed by atoms with E-state index in [4.69, 9.17) is 0 Å².